The number of alkyl halides is 1. The first-order valence-corrected chi connectivity index (χ1v) is 5.59. The second-order valence-electron chi connectivity index (χ2n) is 2.26. The smallest absolute Gasteiger partial charge is 0.433 e. The van der Waals surface area contributed by atoms with Gasteiger partial charge in [-0.2, -0.15) is 4.99 Å². The molecule has 0 aromatic heterocycles. The fraction of sp³-hybridized carbons (Fsp3) is 0.750. The van der Waals surface area contributed by atoms with Gasteiger partial charge in [0.25, 0.3) is 0 Å². The minimum atomic E-state index is -0.465. The van der Waals surface area contributed by atoms with Gasteiger partial charge in [-0.3, -0.25) is 0 Å². The second-order valence-corrected chi connectivity index (χ2v) is 3.34. The normalized spacial score (nSPS) is 10.5. The lowest BCUT2D eigenvalue weighted by Crippen LogP contribution is -2.00. The van der Waals surface area contributed by atoms with E-state index in [0.29, 0.717) is 6.61 Å². The lowest BCUT2D eigenvalue weighted by Gasteiger charge is -1.97. The monoisotopic (exact) mass is 283 g/mol. The number of amides is 1. The molecule has 0 rings (SSSR count). The Morgan fingerprint density at radius 3 is 3.00 bits per heavy atom. The van der Waals surface area contributed by atoms with Gasteiger partial charge in [0.1, 0.15) is 0 Å². The number of unbranched alkanes of at least 4 members (excludes halogenated alkanes) is 1. The van der Waals surface area contributed by atoms with Gasteiger partial charge in [-0.15, -0.1) is 0 Å². The maximum Gasteiger partial charge on any atom is 0.433 e. The van der Waals surface area contributed by atoms with Gasteiger partial charge in [0.05, 0.1) is 6.61 Å². The standard InChI is InChI=1S/C8H14INO2/c1-2-3-7-12-8(11)10-6-4-5-9/h6H,2-5,7H2,1H3. The van der Waals surface area contributed by atoms with Crippen molar-refractivity contribution in [1.29, 1.82) is 0 Å². The van der Waals surface area contributed by atoms with Crippen LogP contribution in [-0.4, -0.2) is 23.3 Å². The maximum absolute atomic E-state index is 10.8. The Labute approximate surface area is 86.7 Å². The Hall–Kier alpha value is -0.130. The van der Waals surface area contributed by atoms with Crippen molar-refractivity contribution in [3.8, 4) is 0 Å². The molecule has 0 aliphatic heterocycles. The predicted octanol–water partition coefficient (Wildman–Crippen LogP) is 2.82. The average Bonchev–Trinajstić information content (AvgIpc) is 2.06. The zero-order chi connectivity index (χ0) is 9.23. The highest BCUT2D eigenvalue weighted by molar-refractivity contribution is 14.1. The summed E-state index contributed by atoms with van der Waals surface area (Å²) in [5.41, 5.74) is 0. The molecule has 0 saturated carbocycles. The number of rotatable bonds is 5. The van der Waals surface area contributed by atoms with E-state index in [2.05, 4.69) is 27.6 Å². The van der Waals surface area contributed by atoms with Crippen molar-refractivity contribution in [2.75, 3.05) is 11.0 Å². The molecule has 0 unspecified atom stereocenters. The average molecular weight is 283 g/mol. The molecule has 0 atom stereocenters. The zero-order valence-corrected chi connectivity index (χ0v) is 9.41. The SMILES string of the molecule is CCCCOC(=O)N=CCCI. The number of hydrogen-bond acceptors (Lipinski definition) is 2. The number of carbonyl (C=O) groups excluding carboxylic acids is 1. The largest absolute Gasteiger partial charge is 0.448 e. The van der Waals surface area contributed by atoms with Crippen LogP contribution >= 0.6 is 22.6 Å². The van der Waals surface area contributed by atoms with Crippen LogP contribution in [0.15, 0.2) is 4.99 Å². The molecule has 0 aromatic rings. The van der Waals surface area contributed by atoms with Gasteiger partial charge in [0.2, 0.25) is 0 Å². The number of carbonyl (C=O) groups is 1. The summed E-state index contributed by atoms with van der Waals surface area (Å²) < 4.78 is 5.77. The zero-order valence-electron chi connectivity index (χ0n) is 7.25. The van der Waals surface area contributed by atoms with Gasteiger partial charge in [-0.1, -0.05) is 35.9 Å². The van der Waals surface area contributed by atoms with Crippen LogP contribution in [0.4, 0.5) is 4.79 Å². The van der Waals surface area contributed by atoms with Crippen molar-refractivity contribution in [3.05, 3.63) is 0 Å². The quantitative estimate of drug-likeness (QED) is 0.337. The van der Waals surface area contributed by atoms with E-state index in [4.69, 9.17) is 4.74 Å². The summed E-state index contributed by atoms with van der Waals surface area (Å²) in [5.74, 6) is 0. The highest BCUT2D eigenvalue weighted by Gasteiger charge is 1.95. The third-order valence-corrected chi connectivity index (χ3v) is 1.78. The molecule has 0 spiro atoms. The topological polar surface area (TPSA) is 38.7 Å². The lowest BCUT2D eigenvalue weighted by molar-refractivity contribution is 0.156. The van der Waals surface area contributed by atoms with Gasteiger partial charge in [0, 0.05) is 10.6 Å². The van der Waals surface area contributed by atoms with E-state index in [1.165, 1.54) is 0 Å². The van der Waals surface area contributed by atoms with Gasteiger partial charge in [-0.05, 0) is 12.8 Å². The van der Waals surface area contributed by atoms with E-state index in [-0.39, 0.29) is 0 Å². The minimum absolute atomic E-state index is 0.465. The van der Waals surface area contributed by atoms with Crippen molar-refractivity contribution in [3.63, 3.8) is 0 Å². The van der Waals surface area contributed by atoms with Crippen LogP contribution < -0.4 is 0 Å². The van der Waals surface area contributed by atoms with E-state index < -0.39 is 6.09 Å². The van der Waals surface area contributed by atoms with E-state index in [9.17, 15) is 4.79 Å². The number of halogens is 1. The number of ether oxygens (including phenoxy) is 1. The molecular formula is C8H14INO2. The second kappa shape index (κ2) is 8.96. The summed E-state index contributed by atoms with van der Waals surface area (Å²) >= 11 is 2.23. The summed E-state index contributed by atoms with van der Waals surface area (Å²) in [4.78, 5) is 14.4. The Kier molecular flexibility index (Phi) is 8.86. The van der Waals surface area contributed by atoms with Crippen molar-refractivity contribution >= 4 is 34.9 Å². The highest BCUT2D eigenvalue weighted by Crippen LogP contribution is 1.91. The maximum atomic E-state index is 10.8. The lowest BCUT2D eigenvalue weighted by atomic mass is 10.4. The molecule has 0 fully saturated rings. The molecule has 0 radical (unpaired) electrons. The molecular weight excluding hydrogens is 269 g/mol. The Balaban J connectivity index is 3.33. The fourth-order valence-corrected chi connectivity index (χ4v) is 0.807. The number of hydrogen-bond donors (Lipinski definition) is 0. The highest BCUT2D eigenvalue weighted by atomic mass is 127. The molecule has 0 bridgehead atoms. The van der Waals surface area contributed by atoms with Crippen molar-refractivity contribution < 1.29 is 9.53 Å². The molecule has 0 aliphatic rings. The van der Waals surface area contributed by atoms with Crippen molar-refractivity contribution in [1.82, 2.24) is 0 Å². The van der Waals surface area contributed by atoms with Gasteiger partial charge in [-0.25, -0.2) is 4.79 Å². The molecule has 0 saturated heterocycles. The summed E-state index contributed by atoms with van der Waals surface area (Å²) in [6, 6.07) is 0. The Bertz CT molecular complexity index is 148. The van der Waals surface area contributed by atoms with Gasteiger partial charge >= 0.3 is 6.09 Å². The Morgan fingerprint density at radius 2 is 2.42 bits per heavy atom. The molecule has 0 aliphatic carbocycles. The third kappa shape index (κ3) is 7.97. The molecule has 70 valence electrons. The summed E-state index contributed by atoms with van der Waals surface area (Å²) in [6.45, 7) is 2.53. The molecule has 4 heteroatoms. The molecule has 12 heavy (non-hydrogen) atoms. The predicted molar refractivity (Wildman–Crippen MR) is 58.3 cm³/mol. The molecule has 3 nitrogen and oxygen atoms in total. The molecule has 0 heterocycles. The van der Waals surface area contributed by atoms with E-state index in [1.807, 2.05) is 6.92 Å². The van der Waals surface area contributed by atoms with Crippen LogP contribution in [0.5, 0.6) is 0 Å². The van der Waals surface area contributed by atoms with Crippen LogP contribution in [0.25, 0.3) is 0 Å². The summed E-state index contributed by atoms with van der Waals surface area (Å²) in [5, 5.41) is 0. The third-order valence-electron chi connectivity index (χ3n) is 1.16. The van der Waals surface area contributed by atoms with Gasteiger partial charge in [0.15, 0.2) is 0 Å². The van der Waals surface area contributed by atoms with Crippen LogP contribution in [0.2, 0.25) is 0 Å². The van der Waals surface area contributed by atoms with Gasteiger partial charge < -0.3 is 4.74 Å². The molecule has 1 amide bonds. The fourth-order valence-electron chi connectivity index (χ4n) is 0.529. The van der Waals surface area contributed by atoms with Crippen molar-refractivity contribution in [2.45, 2.75) is 26.2 Å². The van der Waals surface area contributed by atoms with E-state index >= 15 is 0 Å². The van der Waals surface area contributed by atoms with Crippen LogP contribution in [0.1, 0.15) is 26.2 Å². The summed E-state index contributed by atoms with van der Waals surface area (Å²) in [6.07, 6.45) is 3.90. The molecule has 0 N–H and O–H groups in total. The van der Waals surface area contributed by atoms with E-state index in [1.54, 1.807) is 6.21 Å². The van der Waals surface area contributed by atoms with Crippen molar-refractivity contribution in [2.24, 2.45) is 4.99 Å². The number of aliphatic imine (C=N–C) groups is 1. The number of nitrogens with zero attached hydrogens (tertiary/aromatic N) is 1. The van der Waals surface area contributed by atoms with Crippen LogP contribution in [0.3, 0.4) is 0 Å². The minimum Gasteiger partial charge on any atom is -0.448 e. The van der Waals surface area contributed by atoms with Crippen LogP contribution in [0, 0.1) is 0 Å². The Morgan fingerprint density at radius 1 is 1.67 bits per heavy atom. The first kappa shape index (κ1) is 11.9. The first-order valence-electron chi connectivity index (χ1n) is 4.06. The first-order chi connectivity index (χ1) is 5.81. The van der Waals surface area contributed by atoms with Crippen LogP contribution in [-0.2, 0) is 4.74 Å². The van der Waals surface area contributed by atoms with E-state index in [0.717, 1.165) is 23.7 Å². The summed E-state index contributed by atoms with van der Waals surface area (Å²) in [7, 11) is 0. The molecule has 0 aromatic carbocycles.